The molecule has 10 heteroatoms. The van der Waals surface area contributed by atoms with Gasteiger partial charge in [0.05, 0.1) is 12.6 Å². The third kappa shape index (κ3) is 4.93. The van der Waals surface area contributed by atoms with Crippen LogP contribution in [0.4, 0.5) is 10.1 Å². The highest BCUT2D eigenvalue weighted by molar-refractivity contribution is 7.99. The van der Waals surface area contributed by atoms with E-state index in [0.717, 1.165) is 44.0 Å². The molecule has 0 aliphatic carbocycles. The monoisotopic (exact) mass is 435 g/mol. The van der Waals surface area contributed by atoms with Crippen molar-refractivity contribution >= 4 is 40.6 Å². The lowest BCUT2D eigenvalue weighted by Crippen LogP contribution is -2.48. The maximum atomic E-state index is 13.0. The van der Waals surface area contributed by atoms with Gasteiger partial charge in [0.25, 0.3) is 5.91 Å². The number of thioether (sulfide) groups is 1. The summed E-state index contributed by atoms with van der Waals surface area (Å²) in [6.07, 6.45) is 1.84. The average Bonchev–Trinajstić information content (AvgIpc) is 3.40. The summed E-state index contributed by atoms with van der Waals surface area (Å²) in [6, 6.07) is 5.45. The van der Waals surface area contributed by atoms with Crippen LogP contribution in [0.1, 0.15) is 27.7 Å². The first kappa shape index (κ1) is 20.2. The standard InChI is InChI=1S/C19H22FN5O2S2/c20-13-3-5-14(6-4-13)21-17(26)18-23-22-16(29-18)12-25-7-1-2-15(25)19(27)24-8-10-28-11-9-24/h3-6,15H,1-2,7-12H2,(H,21,26). The van der Waals surface area contributed by atoms with E-state index in [0.29, 0.717) is 17.2 Å². The maximum absolute atomic E-state index is 13.0. The summed E-state index contributed by atoms with van der Waals surface area (Å²) in [5.74, 6) is 1.48. The number of hydrogen-bond donors (Lipinski definition) is 1. The Balaban J connectivity index is 1.37. The molecule has 1 aromatic carbocycles. The van der Waals surface area contributed by atoms with Crippen molar-refractivity contribution in [3.63, 3.8) is 0 Å². The third-order valence-electron chi connectivity index (χ3n) is 5.07. The van der Waals surface area contributed by atoms with Crippen molar-refractivity contribution in [2.24, 2.45) is 0 Å². The van der Waals surface area contributed by atoms with Gasteiger partial charge in [0, 0.05) is 30.3 Å². The van der Waals surface area contributed by atoms with Crippen LogP contribution in [-0.4, -0.2) is 69.0 Å². The van der Waals surface area contributed by atoms with Gasteiger partial charge in [-0.05, 0) is 43.7 Å². The van der Waals surface area contributed by atoms with Crippen molar-refractivity contribution in [3.8, 4) is 0 Å². The first-order chi connectivity index (χ1) is 14.1. The molecule has 2 fully saturated rings. The molecule has 154 valence electrons. The van der Waals surface area contributed by atoms with Gasteiger partial charge in [-0.25, -0.2) is 4.39 Å². The van der Waals surface area contributed by atoms with Gasteiger partial charge in [0.2, 0.25) is 10.9 Å². The summed E-state index contributed by atoms with van der Waals surface area (Å²) in [7, 11) is 0. The first-order valence-electron chi connectivity index (χ1n) is 9.60. The molecule has 1 unspecified atom stereocenters. The molecule has 0 radical (unpaired) electrons. The smallest absolute Gasteiger partial charge is 0.286 e. The summed E-state index contributed by atoms with van der Waals surface area (Å²) in [6.45, 7) is 3.00. The van der Waals surface area contributed by atoms with Crippen LogP contribution in [0.2, 0.25) is 0 Å². The highest BCUT2D eigenvalue weighted by Crippen LogP contribution is 2.24. The molecule has 2 saturated heterocycles. The highest BCUT2D eigenvalue weighted by atomic mass is 32.2. The largest absolute Gasteiger partial charge is 0.340 e. The van der Waals surface area contributed by atoms with E-state index in [9.17, 15) is 14.0 Å². The molecule has 2 amide bonds. The minimum absolute atomic E-state index is 0.113. The van der Waals surface area contributed by atoms with E-state index in [1.54, 1.807) is 0 Å². The highest BCUT2D eigenvalue weighted by Gasteiger charge is 2.34. The molecule has 0 spiro atoms. The van der Waals surface area contributed by atoms with E-state index in [1.165, 1.54) is 35.6 Å². The molecule has 0 bridgehead atoms. The number of nitrogens with one attached hydrogen (secondary N) is 1. The number of carbonyl (C=O) groups excluding carboxylic acids is 2. The second kappa shape index (κ2) is 9.19. The molecule has 1 aromatic heterocycles. The Morgan fingerprint density at radius 2 is 1.90 bits per heavy atom. The Bertz CT molecular complexity index is 870. The van der Waals surface area contributed by atoms with E-state index >= 15 is 0 Å². The Morgan fingerprint density at radius 1 is 1.14 bits per heavy atom. The molecule has 2 aliphatic heterocycles. The molecule has 1 N–H and O–H groups in total. The van der Waals surface area contributed by atoms with Crippen molar-refractivity contribution in [2.75, 3.05) is 36.5 Å². The minimum Gasteiger partial charge on any atom is -0.340 e. The fourth-order valence-corrected chi connectivity index (χ4v) is 5.25. The number of benzene rings is 1. The predicted octanol–water partition coefficient (Wildman–Crippen LogP) is 2.47. The van der Waals surface area contributed by atoms with Gasteiger partial charge < -0.3 is 10.2 Å². The minimum atomic E-state index is -0.375. The fraction of sp³-hybridized carbons (Fsp3) is 0.474. The van der Waals surface area contributed by atoms with Crippen LogP contribution < -0.4 is 5.32 Å². The van der Waals surface area contributed by atoms with Crippen LogP contribution in [0.5, 0.6) is 0 Å². The van der Waals surface area contributed by atoms with Crippen LogP contribution in [0.3, 0.4) is 0 Å². The fourth-order valence-electron chi connectivity index (χ4n) is 3.59. The first-order valence-corrected chi connectivity index (χ1v) is 11.6. The molecule has 1 atom stereocenters. The van der Waals surface area contributed by atoms with E-state index in [-0.39, 0.29) is 28.7 Å². The van der Waals surface area contributed by atoms with Gasteiger partial charge in [0.15, 0.2) is 0 Å². The number of hydrogen-bond acceptors (Lipinski definition) is 7. The number of likely N-dealkylation sites (tertiary alicyclic amines) is 1. The molecule has 29 heavy (non-hydrogen) atoms. The zero-order chi connectivity index (χ0) is 20.2. The quantitative estimate of drug-likeness (QED) is 0.777. The molecule has 4 rings (SSSR count). The van der Waals surface area contributed by atoms with Gasteiger partial charge in [-0.3, -0.25) is 14.5 Å². The zero-order valence-electron chi connectivity index (χ0n) is 15.8. The van der Waals surface area contributed by atoms with Crippen molar-refractivity contribution in [3.05, 3.63) is 40.1 Å². The molecular weight excluding hydrogens is 413 g/mol. The van der Waals surface area contributed by atoms with E-state index in [1.807, 2.05) is 16.7 Å². The number of halogens is 1. The Morgan fingerprint density at radius 3 is 2.66 bits per heavy atom. The summed E-state index contributed by atoms with van der Waals surface area (Å²) in [5.41, 5.74) is 0.498. The van der Waals surface area contributed by atoms with E-state index in [2.05, 4.69) is 20.4 Å². The lowest BCUT2D eigenvalue weighted by molar-refractivity contribution is -0.135. The number of rotatable bonds is 5. The van der Waals surface area contributed by atoms with E-state index < -0.39 is 0 Å². The summed E-state index contributed by atoms with van der Waals surface area (Å²) < 4.78 is 13.0. The van der Waals surface area contributed by atoms with Crippen LogP contribution in [0.15, 0.2) is 24.3 Å². The van der Waals surface area contributed by atoms with Crippen molar-refractivity contribution in [1.82, 2.24) is 20.0 Å². The molecule has 2 aromatic rings. The van der Waals surface area contributed by atoms with Crippen LogP contribution >= 0.6 is 23.1 Å². The van der Waals surface area contributed by atoms with Crippen molar-refractivity contribution in [2.45, 2.75) is 25.4 Å². The van der Waals surface area contributed by atoms with Gasteiger partial charge in [-0.1, -0.05) is 11.3 Å². The predicted molar refractivity (Wildman–Crippen MR) is 112 cm³/mol. The van der Waals surface area contributed by atoms with Crippen LogP contribution in [-0.2, 0) is 11.3 Å². The van der Waals surface area contributed by atoms with Gasteiger partial charge in [-0.15, -0.1) is 10.2 Å². The number of nitrogens with zero attached hydrogens (tertiary/aromatic N) is 4. The second-order valence-electron chi connectivity index (χ2n) is 7.03. The normalized spacial score (nSPS) is 20.0. The van der Waals surface area contributed by atoms with Crippen LogP contribution in [0.25, 0.3) is 0 Å². The van der Waals surface area contributed by atoms with Gasteiger partial charge >= 0.3 is 0 Å². The lowest BCUT2D eigenvalue weighted by atomic mass is 10.2. The summed E-state index contributed by atoms with van der Waals surface area (Å²) >= 11 is 3.11. The average molecular weight is 436 g/mol. The summed E-state index contributed by atoms with van der Waals surface area (Å²) in [4.78, 5) is 29.4. The van der Waals surface area contributed by atoms with Crippen LogP contribution in [0, 0.1) is 5.82 Å². The molecule has 3 heterocycles. The Labute approximate surface area is 176 Å². The Hall–Kier alpha value is -2.04. The lowest BCUT2D eigenvalue weighted by Gasteiger charge is -2.32. The van der Waals surface area contributed by atoms with E-state index in [4.69, 9.17) is 0 Å². The molecule has 0 saturated carbocycles. The molecule has 2 aliphatic rings. The molecule has 7 nitrogen and oxygen atoms in total. The third-order valence-corrected chi connectivity index (χ3v) is 6.92. The number of carbonyl (C=O) groups is 2. The maximum Gasteiger partial charge on any atom is 0.286 e. The zero-order valence-corrected chi connectivity index (χ0v) is 17.5. The van der Waals surface area contributed by atoms with Crippen molar-refractivity contribution in [1.29, 1.82) is 0 Å². The van der Waals surface area contributed by atoms with Gasteiger partial charge in [0.1, 0.15) is 10.8 Å². The SMILES string of the molecule is O=C(Nc1ccc(F)cc1)c1nnc(CN2CCCC2C(=O)N2CCSCC2)s1. The number of aromatic nitrogens is 2. The Kier molecular flexibility index (Phi) is 6.41. The topological polar surface area (TPSA) is 78.4 Å². The summed E-state index contributed by atoms with van der Waals surface area (Å²) in [5, 5.41) is 11.8. The second-order valence-corrected chi connectivity index (χ2v) is 9.31. The van der Waals surface area contributed by atoms with Gasteiger partial charge in [-0.2, -0.15) is 11.8 Å². The number of anilines is 1. The molecular formula is C19H22FN5O2S2. The van der Waals surface area contributed by atoms with Crippen molar-refractivity contribution < 1.29 is 14.0 Å². The number of amides is 2.